The predicted molar refractivity (Wildman–Crippen MR) is 50.6 cm³/mol. The van der Waals surface area contributed by atoms with E-state index in [9.17, 15) is 8.42 Å². The molecule has 0 aromatic rings. The van der Waals surface area contributed by atoms with E-state index in [-0.39, 0.29) is 12.2 Å². The van der Waals surface area contributed by atoms with E-state index in [0.717, 1.165) is 0 Å². The molecule has 0 saturated heterocycles. The van der Waals surface area contributed by atoms with Gasteiger partial charge in [0.25, 0.3) is 0 Å². The normalized spacial score (nSPS) is 16.9. The minimum absolute atomic E-state index is 0.325. The molecule has 0 N–H and O–H groups in total. The highest BCUT2D eigenvalue weighted by Gasteiger charge is 2.18. The van der Waals surface area contributed by atoms with Crippen LogP contribution in [-0.2, 0) is 18.8 Å². The summed E-state index contributed by atoms with van der Waals surface area (Å²) < 4.78 is 31.7. The number of hydrogen-bond donors (Lipinski definition) is 0. The van der Waals surface area contributed by atoms with Gasteiger partial charge in [-0.2, -0.15) is 8.42 Å². The highest BCUT2D eigenvalue weighted by molar-refractivity contribution is 7.81. The third-order valence-electron chi connectivity index (χ3n) is 1.71. The van der Waals surface area contributed by atoms with Crippen LogP contribution < -0.4 is 0 Å². The zero-order valence-electron chi connectivity index (χ0n) is 8.61. The van der Waals surface area contributed by atoms with Gasteiger partial charge >= 0.3 is 10.4 Å². The maximum atomic E-state index is 11.1. The Morgan fingerprint density at radius 1 is 1.00 bits per heavy atom. The molecule has 5 heteroatoms. The molecule has 0 heterocycles. The third kappa shape index (κ3) is 6.01. The zero-order valence-corrected chi connectivity index (χ0v) is 9.43. The van der Waals surface area contributed by atoms with Crippen LogP contribution in [0.25, 0.3) is 0 Å². The standard InChI is InChI=1S/C8H18O4S/c1-5-7(3)11-13(9,10)12-8(4)6-2/h7-8H,5-6H2,1-4H3/t7-,8-/m1/s1. The van der Waals surface area contributed by atoms with Crippen LogP contribution in [0.3, 0.4) is 0 Å². The fraction of sp³-hybridized carbons (Fsp3) is 1.00. The summed E-state index contributed by atoms with van der Waals surface area (Å²) in [5.74, 6) is 0. The van der Waals surface area contributed by atoms with Gasteiger partial charge in [-0.05, 0) is 26.7 Å². The fourth-order valence-corrected chi connectivity index (χ4v) is 1.68. The Morgan fingerprint density at radius 3 is 1.54 bits per heavy atom. The van der Waals surface area contributed by atoms with Crippen LogP contribution in [0.4, 0.5) is 0 Å². The summed E-state index contributed by atoms with van der Waals surface area (Å²) in [7, 11) is -3.80. The Morgan fingerprint density at radius 2 is 1.31 bits per heavy atom. The monoisotopic (exact) mass is 210 g/mol. The van der Waals surface area contributed by atoms with Gasteiger partial charge in [0.15, 0.2) is 0 Å². The molecular weight excluding hydrogens is 192 g/mol. The lowest BCUT2D eigenvalue weighted by molar-refractivity contribution is 0.134. The van der Waals surface area contributed by atoms with Crippen LogP contribution in [-0.4, -0.2) is 20.6 Å². The molecule has 0 rings (SSSR count). The topological polar surface area (TPSA) is 52.6 Å². The van der Waals surface area contributed by atoms with Crippen molar-refractivity contribution < 1.29 is 16.8 Å². The van der Waals surface area contributed by atoms with E-state index in [1.807, 2.05) is 13.8 Å². The van der Waals surface area contributed by atoms with Crippen molar-refractivity contribution in [3.8, 4) is 0 Å². The molecule has 0 radical (unpaired) electrons. The van der Waals surface area contributed by atoms with Crippen LogP contribution in [0.5, 0.6) is 0 Å². The van der Waals surface area contributed by atoms with Crippen LogP contribution in [0.1, 0.15) is 40.5 Å². The second-order valence-electron chi connectivity index (χ2n) is 3.04. The molecule has 0 aromatic heterocycles. The first-order valence-electron chi connectivity index (χ1n) is 4.52. The largest absolute Gasteiger partial charge is 0.400 e. The van der Waals surface area contributed by atoms with Crippen molar-refractivity contribution >= 4 is 10.4 Å². The summed E-state index contributed by atoms with van der Waals surface area (Å²) in [4.78, 5) is 0. The molecule has 13 heavy (non-hydrogen) atoms. The quantitative estimate of drug-likeness (QED) is 0.671. The Labute approximate surface area is 80.6 Å². The Bertz CT molecular complexity index is 204. The second-order valence-corrected chi connectivity index (χ2v) is 4.24. The lowest BCUT2D eigenvalue weighted by Crippen LogP contribution is -2.21. The van der Waals surface area contributed by atoms with Gasteiger partial charge in [0.1, 0.15) is 0 Å². The van der Waals surface area contributed by atoms with Crippen LogP contribution in [0, 0.1) is 0 Å². The minimum atomic E-state index is -3.80. The summed E-state index contributed by atoms with van der Waals surface area (Å²) >= 11 is 0. The van der Waals surface area contributed by atoms with Gasteiger partial charge < -0.3 is 0 Å². The van der Waals surface area contributed by atoms with E-state index >= 15 is 0 Å². The van der Waals surface area contributed by atoms with Crippen LogP contribution >= 0.6 is 0 Å². The van der Waals surface area contributed by atoms with E-state index in [2.05, 4.69) is 0 Å². The summed E-state index contributed by atoms with van der Waals surface area (Å²) in [5, 5.41) is 0. The number of hydrogen-bond acceptors (Lipinski definition) is 4. The molecule has 0 amide bonds. The highest BCUT2D eigenvalue weighted by atomic mass is 32.3. The van der Waals surface area contributed by atoms with Gasteiger partial charge in [0.2, 0.25) is 0 Å². The average Bonchev–Trinajstić information content (AvgIpc) is 2.02. The van der Waals surface area contributed by atoms with Crippen molar-refractivity contribution in [2.75, 3.05) is 0 Å². The smallest absolute Gasteiger partial charge is 0.245 e. The summed E-state index contributed by atoms with van der Waals surface area (Å²) in [6, 6.07) is 0. The van der Waals surface area contributed by atoms with Crippen molar-refractivity contribution in [3.63, 3.8) is 0 Å². The molecule has 0 aliphatic carbocycles. The van der Waals surface area contributed by atoms with Crippen LogP contribution in [0.2, 0.25) is 0 Å². The molecule has 0 bridgehead atoms. The first-order chi connectivity index (χ1) is 5.91. The number of rotatable bonds is 6. The van der Waals surface area contributed by atoms with Crippen molar-refractivity contribution in [3.05, 3.63) is 0 Å². The van der Waals surface area contributed by atoms with Gasteiger partial charge in [0.05, 0.1) is 12.2 Å². The van der Waals surface area contributed by atoms with Gasteiger partial charge in [0, 0.05) is 0 Å². The molecule has 2 atom stereocenters. The van der Waals surface area contributed by atoms with Crippen molar-refractivity contribution in [1.29, 1.82) is 0 Å². The molecule has 80 valence electrons. The predicted octanol–water partition coefficient (Wildman–Crippen LogP) is 1.86. The van der Waals surface area contributed by atoms with E-state index in [0.29, 0.717) is 12.8 Å². The maximum absolute atomic E-state index is 11.1. The molecular formula is C8H18O4S. The Kier molecular flexibility index (Phi) is 5.51. The molecule has 0 aliphatic heterocycles. The van der Waals surface area contributed by atoms with Gasteiger partial charge in [-0.1, -0.05) is 13.8 Å². The lowest BCUT2D eigenvalue weighted by Gasteiger charge is -2.13. The Balaban J connectivity index is 4.09. The molecule has 4 nitrogen and oxygen atoms in total. The third-order valence-corrected chi connectivity index (χ3v) is 2.84. The first kappa shape index (κ1) is 12.9. The molecule has 0 aliphatic rings. The van der Waals surface area contributed by atoms with Gasteiger partial charge in [-0.15, -0.1) is 0 Å². The SMILES string of the molecule is CC[C@@H](C)OS(=O)(=O)O[C@H](C)CC. The second kappa shape index (κ2) is 5.57. The summed E-state index contributed by atoms with van der Waals surface area (Å²) in [5.41, 5.74) is 0. The molecule has 0 spiro atoms. The molecule has 0 saturated carbocycles. The van der Waals surface area contributed by atoms with E-state index in [4.69, 9.17) is 8.37 Å². The van der Waals surface area contributed by atoms with E-state index in [1.54, 1.807) is 13.8 Å². The van der Waals surface area contributed by atoms with Crippen LogP contribution in [0.15, 0.2) is 0 Å². The van der Waals surface area contributed by atoms with Gasteiger partial charge in [-0.3, -0.25) is 0 Å². The van der Waals surface area contributed by atoms with Crippen molar-refractivity contribution in [1.82, 2.24) is 0 Å². The molecule has 0 fully saturated rings. The maximum Gasteiger partial charge on any atom is 0.400 e. The van der Waals surface area contributed by atoms with Gasteiger partial charge in [-0.25, -0.2) is 8.37 Å². The molecule has 0 aromatic carbocycles. The van der Waals surface area contributed by atoms with E-state index < -0.39 is 10.4 Å². The average molecular weight is 210 g/mol. The summed E-state index contributed by atoms with van der Waals surface area (Å²) in [6.45, 7) is 7.09. The van der Waals surface area contributed by atoms with Crippen molar-refractivity contribution in [2.24, 2.45) is 0 Å². The first-order valence-corrected chi connectivity index (χ1v) is 5.86. The van der Waals surface area contributed by atoms with Crippen molar-refractivity contribution in [2.45, 2.75) is 52.7 Å². The Hall–Kier alpha value is -0.130. The highest BCUT2D eigenvalue weighted by Crippen LogP contribution is 2.09. The van der Waals surface area contributed by atoms with E-state index in [1.165, 1.54) is 0 Å². The zero-order chi connectivity index (χ0) is 10.5. The summed E-state index contributed by atoms with van der Waals surface area (Å²) in [6.07, 6.45) is 0.634. The lowest BCUT2D eigenvalue weighted by atomic mass is 10.3. The minimum Gasteiger partial charge on any atom is -0.245 e. The fourth-order valence-electron chi connectivity index (χ4n) is 0.561. The molecule has 0 unspecified atom stereocenters.